The number of carbonyl (C=O) groups excluding carboxylic acids is 2. The molecule has 0 saturated heterocycles. The molecule has 454 valence electrons. The van der Waals surface area contributed by atoms with Crippen LogP contribution in [0.4, 0.5) is 0 Å². The van der Waals surface area contributed by atoms with Gasteiger partial charge in [0.05, 0.1) is 33.8 Å². The molecule has 0 aromatic carbocycles. The Morgan fingerprint density at radius 2 is 0.861 bits per heavy atom. The highest BCUT2D eigenvalue weighted by Crippen LogP contribution is 2.43. The molecule has 0 aromatic heterocycles. The van der Waals surface area contributed by atoms with Crippen LogP contribution in [0.3, 0.4) is 0 Å². The third kappa shape index (κ3) is 59.1. The third-order valence-corrected chi connectivity index (χ3v) is 14.8. The van der Waals surface area contributed by atoms with Gasteiger partial charge in [0.2, 0.25) is 5.91 Å². The van der Waals surface area contributed by atoms with Crippen molar-refractivity contribution in [1.82, 2.24) is 5.32 Å². The summed E-state index contributed by atoms with van der Waals surface area (Å²) in [5.74, 6) is -0.558. The Balaban J connectivity index is 5.27. The van der Waals surface area contributed by atoms with E-state index >= 15 is 0 Å². The standard InChI is InChI=1S/C69H121N2O7P/c1-7-10-13-16-19-22-25-28-30-32-33-34-35-36-37-39-40-43-46-49-52-55-58-61-68(72)70-66(65-77-79(74,75)76-64-63-71(4,5)6)67(60-57-54-51-48-45-42-27-24-21-18-15-12-9-3)78-69(73)62-59-56-53-50-47-44-41-38-31-29-26-23-20-17-14-11-8-2/h11,14,17,19-20,22-23,26,28-31,38,41,44,47,57,60,66-67H,7-10,12-13,15-16,18,21,24-25,27,32-37,39-40,42-43,45-46,48-56,58-59,61-65H2,1-6H3,(H-,70,72,74,75)/p+1/b14-11-,20-17+,22-19-,26-23+,30-28-,31-29-,41-38+,47-44+,60-57-. The van der Waals surface area contributed by atoms with Crippen LogP contribution >= 0.6 is 7.82 Å². The van der Waals surface area contributed by atoms with Gasteiger partial charge in [-0.1, -0.05) is 278 Å². The summed E-state index contributed by atoms with van der Waals surface area (Å²) in [5, 5.41) is 3.05. The van der Waals surface area contributed by atoms with E-state index in [4.69, 9.17) is 13.8 Å². The molecule has 0 bridgehead atoms. The van der Waals surface area contributed by atoms with Gasteiger partial charge in [0.25, 0.3) is 0 Å². The normalized spacial score (nSPS) is 14.4. The number of nitrogens with one attached hydrogen (secondary N) is 1. The van der Waals surface area contributed by atoms with Crippen LogP contribution < -0.4 is 5.32 Å². The van der Waals surface area contributed by atoms with Crippen molar-refractivity contribution in [3.63, 3.8) is 0 Å². The molecule has 10 heteroatoms. The molecular formula is C69H122N2O7P+. The van der Waals surface area contributed by atoms with E-state index in [-0.39, 0.29) is 31.5 Å². The highest BCUT2D eigenvalue weighted by Gasteiger charge is 2.30. The SMILES string of the molecule is CC\C=C/C=C/C=C/C=C\C=C\C=C\CCCCCC(=O)OC(/C=C\CCCCCCCCCCCCC)C(COP(=O)(O)OCC[N+](C)(C)C)NC(=O)CCCCCCCCCCCCCCC/C=C\C/C=C\CCCCC. The molecule has 0 fully saturated rings. The number of allylic oxidation sites excluding steroid dienone is 17. The lowest BCUT2D eigenvalue weighted by atomic mass is 10.0. The van der Waals surface area contributed by atoms with Gasteiger partial charge >= 0.3 is 13.8 Å². The van der Waals surface area contributed by atoms with Crippen molar-refractivity contribution in [1.29, 1.82) is 0 Å². The number of carbonyl (C=O) groups is 2. The highest BCUT2D eigenvalue weighted by atomic mass is 31.2. The number of quaternary nitrogens is 1. The van der Waals surface area contributed by atoms with Gasteiger partial charge < -0.3 is 19.4 Å². The van der Waals surface area contributed by atoms with Gasteiger partial charge in [-0.2, -0.15) is 0 Å². The molecule has 0 rings (SSSR count). The predicted octanol–water partition coefficient (Wildman–Crippen LogP) is 20.1. The molecule has 0 spiro atoms. The maximum absolute atomic E-state index is 13.6. The minimum atomic E-state index is -4.47. The first-order chi connectivity index (χ1) is 38.4. The number of amides is 1. The number of phosphoric ester groups is 1. The first-order valence-corrected chi connectivity index (χ1v) is 33.8. The Hall–Kier alpha value is -3.33. The summed E-state index contributed by atoms with van der Waals surface area (Å²) in [6.45, 7) is 6.82. The number of hydrogen-bond donors (Lipinski definition) is 2. The molecule has 3 atom stereocenters. The van der Waals surface area contributed by atoms with E-state index in [1.54, 1.807) is 0 Å². The number of ether oxygens (including phenoxy) is 1. The molecule has 0 radical (unpaired) electrons. The second kappa shape index (κ2) is 57.9. The van der Waals surface area contributed by atoms with E-state index in [9.17, 15) is 19.0 Å². The zero-order chi connectivity index (χ0) is 57.9. The van der Waals surface area contributed by atoms with E-state index in [0.29, 0.717) is 23.9 Å². The fraction of sp³-hybridized carbons (Fsp3) is 0.710. The molecule has 79 heavy (non-hydrogen) atoms. The summed E-state index contributed by atoms with van der Waals surface area (Å²) in [6.07, 6.45) is 79.4. The van der Waals surface area contributed by atoms with Crippen molar-refractivity contribution in [2.24, 2.45) is 0 Å². The number of nitrogens with zero attached hydrogens (tertiary/aromatic N) is 1. The lowest BCUT2D eigenvalue weighted by Gasteiger charge is -2.27. The summed E-state index contributed by atoms with van der Waals surface area (Å²) < 4.78 is 30.7. The molecule has 0 aromatic rings. The largest absolute Gasteiger partial charge is 0.472 e. The molecule has 2 N–H and O–H groups in total. The molecule has 0 aliphatic heterocycles. The zero-order valence-electron chi connectivity index (χ0n) is 51.8. The van der Waals surface area contributed by atoms with Crippen molar-refractivity contribution >= 4 is 19.7 Å². The van der Waals surface area contributed by atoms with Gasteiger partial charge in [-0.3, -0.25) is 18.6 Å². The summed E-state index contributed by atoms with van der Waals surface area (Å²) >= 11 is 0. The number of esters is 1. The van der Waals surface area contributed by atoms with Crippen LogP contribution in [-0.2, 0) is 27.9 Å². The highest BCUT2D eigenvalue weighted by molar-refractivity contribution is 7.47. The maximum Gasteiger partial charge on any atom is 0.472 e. The van der Waals surface area contributed by atoms with Crippen molar-refractivity contribution in [2.75, 3.05) is 40.9 Å². The summed E-state index contributed by atoms with van der Waals surface area (Å²) in [5.41, 5.74) is 0. The molecule has 0 saturated carbocycles. The number of phosphoric acid groups is 1. The molecule has 3 unspecified atom stereocenters. The third-order valence-electron chi connectivity index (χ3n) is 13.9. The Kier molecular flexibility index (Phi) is 55.4. The van der Waals surface area contributed by atoms with Gasteiger partial charge in [0, 0.05) is 12.8 Å². The molecule has 0 heterocycles. The fourth-order valence-corrected chi connectivity index (χ4v) is 9.62. The first kappa shape index (κ1) is 75.7. The van der Waals surface area contributed by atoms with Crippen LogP contribution in [0.5, 0.6) is 0 Å². The van der Waals surface area contributed by atoms with Gasteiger partial charge in [0.15, 0.2) is 0 Å². The Labute approximate surface area is 487 Å². The van der Waals surface area contributed by atoms with Crippen molar-refractivity contribution in [3.05, 3.63) is 109 Å². The van der Waals surface area contributed by atoms with E-state index in [2.05, 4.69) is 62.5 Å². The van der Waals surface area contributed by atoms with E-state index in [1.807, 2.05) is 94.1 Å². The average molecular weight is 1120 g/mol. The van der Waals surface area contributed by atoms with Crippen LogP contribution in [0.2, 0.25) is 0 Å². The monoisotopic (exact) mass is 1120 g/mol. The smallest absolute Gasteiger partial charge is 0.456 e. The minimum absolute atomic E-state index is 0.0275. The first-order valence-electron chi connectivity index (χ1n) is 32.3. The number of unbranched alkanes of at least 4 members (excludes halogenated alkanes) is 30. The lowest BCUT2D eigenvalue weighted by molar-refractivity contribution is -0.870. The topological polar surface area (TPSA) is 111 Å². The van der Waals surface area contributed by atoms with Crippen molar-refractivity contribution in [3.8, 4) is 0 Å². The van der Waals surface area contributed by atoms with Gasteiger partial charge in [0.1, 0.15) is 19.3 Å². The van der Waals surface area contributed by atoms with E-state index < -0.39 is 20.0 Å². The van der Waals surface area contributed by atoms with Crippen LogP contribution in [0, 0.1) is 0 Å². The summed E-state index contributed by atoms with van der Waals surface area (Å²) in [6, 6.07) is -0.874. The van der Waals surface area contributed by atoms with Gasteiger partial charge in [-0.05, 0) is 83.1 Å². The predicted molar refractivity (Wildman–Crippen MR) is 341 cm³/mol. The summed E-state index contributed by atoms with van der Waals surface area (Å²) in [4.78, 5) is 37.8. The van der Waals surface area contributed by atoms with Crippen LogP contribution in [0.1, 0.15) is 265 Å². The van der Waals surface area contributed by atoms with Gasteiger partial charge in [-0.15, -0.1) is 0 Å². The van der Waals surface area contributed by atoms with E-state index in [1.165, 1.54) is 154 Å². The fourth-order valence-electron chi connectivity index (χ4n) is 8.88. The summed E-state index contributed by atoms with van der Waals surface area (Å²) in [7, 11) is 1.46. The number of rotatable bonds is 57. The zero-order valence-corrected chi connectivity index (χ0v) is 52.7. The Bertz CT molecular complexity index is 1720. The van der Waals surface area contributed by atoms with Crippen LogP contribution in [0.15, 0.2) is 109 Å². The maximum atomic E-state index is 13.6. The minimum Gasteiger partial charge on any atom is -0.456 e. The second-order valence-electron chi connectivity index (χ2n) is 22.7. The van der Waals surface area contributed by atoms with Crippen molar-refractivity contribution < 1.29 is 37.3 Å². The number of hydrogen-bond acceptors (Lipinski definition) is 6. The van der Waals surface area contributed by atoms with Crippen molar-refractivity contribution in [2.45, 2.75) is 277 Å². The molecule has 1 amide bonds. The average Bonchev–Trinajstić information content (AvgIpc) is 3.41. The molecule has 0 aliphatic carbocycles. The molecule has 0 aliphatic rings. The molecule has 9 nitrogen and oxygen atoms in total. The number of likely N-dealkylation sites (N-methyl/N-ethyl adjacent to an activating group) is 1. The Morgan fingerprint density at radius 1 is 0.468 bits per heavy atom. The second-order valence-corrected chi connectivity index (χ2v) is 24.2. The lowest BCUT2D eigenvalue weighted by Crippen LogP contribution is -2.47. The van der Waals surface area contributed by atoms with Gasteiger partial charge in [-0.25, -0.2) is 4.57 Å². The van der Waals surface area contributed by atoms with Crippen LogP contribution in [0.25, 0.3) is 0 Å². The van der Waals surface area contributed by atoms with E-state index in [0.717, 1.165) is 70.6 Å². The quantitative estimate of drug-likeness (QED) is 0.0156. The Morgan fingerprint density at radius 3 is 1.35 bits per heavy atom. The van der Waals surface area contributed by atoms with Crippen LogP contribution in [-0.4, -0.2) is 74.3 Å². The molecular weight excluding hydrogens is 1000 g/mol.